The summed E-state index contributed by atoms with van der Waals surface area (Å²) in [6, 6.07) is 14.2. The van der Waals surface area contributed by atoms with Crippen LogP contribution < -0.4 is 20.7 Å². The smallest absolute Gasteiger partial charge is 0.255 e. The summed E-state index contributed by atoms with van der Waals surface area (Å²) < 4.78 is 11.7. The summed E-state index contributed by atoms with van der Waals surface area (Å²) in [4.78, 5) is 35.4. The third-order valence-corrected chi connectivity index (χ3v) is 6.60. The zero-order valence-corrected chi connectivity index (χ0v) is 21.7. The average Bonchev–Trinajstić information content (AvgIpc) is 3.50. The molecule has 11 nitrogen and oxygen atoms in total. The fourth-order valence-electron chi connectivity index (χ4n) is 4.75. The largest absolute Gasteiger partial charge is 0.460 e. The lowest BCUT2D eigenvalue weighted by atomic mass is 10.1. The van der Waals surface area contributed by atoms with Crippen LogP contribution in [0.3, 0.4) is 0 Å². The maximum absolute atomic E-state index is 12.5. The van der Waals surface area contributed by atoms with Crippen LogP contribution in [-0.2, 0) is 4.79 Å². The minimum Gasteiger partial charge on any atom is -0.460 e. The Balaban J connectivity index is 1.24. The number of likely N-dealkylation sites (tertiary alicyclic amines) is 1. The fraction of sp³-hybridized carbons (Fsp3) is 0.286. The van der Waals surface area contributed by atoms with Crippen LogP contribution >= 0.6 is 0 Å². The van der Waals surface area contributed by atoms with Gasteiger partial charge in [0.2, 0.25) is 17.7 Å². The van der Waals surface area contributed by atoms with Gasteiger partial charge in [-0.25, -0.2) is 4.98 Å². The zero-order valence-electron chi connectivity index (χ0n) is 21.7. The Morgan fingerprint density at radius 1 is 1.18 bits per heavy atom. The van der Waals surface area contributed by atoms with E-state index in [1.807, 2.05) is 17.0 Å². The lowest BCUT2D eigenvalue weighted by molar-refractivity contribution is -0.117. The number of aliphatic hydroxyl groups excluding tert-OH is 1. The third-order valence-electron chi connectivity index (χ3n) is 6.60. The van der Waals surface area contributed by atoms with Crippen LogP contribution in [0.5, 0.6) is 11.6 Å². The first-order valence-corrected chi connectivity index (χ1v) is 12.7. The number of hydrogen-bond donors (Lipinski definition) is 4. The van der Waals surface area contributed by atoms with Crippen molar-refractivity contribution in [2.75, 3.05) is 37.4 Å². The first-order valence-electron chi connectivity index (χ1n) is 12.7. The molecule has 0 radical (unpaired) electrons. The molecule has 1 aliphatic rings. The number of anilines is 3. The molecule has 0 aliphatic carbocycles. The number of aromatic nitrogens is 2. The Bertz CT molecular complexity index is 1500. The number of nitrogens with zero attached hydrogens (tertiary/aromatic N) is 3. The monoisotopic (exact) mass is 530 g/mol. The van der Waals surface area contributed by atoms with Crippen molar-refractivity contribution in [1.29, 1.82) is 0 Å². The molecule has 0 bridgehead atoms. The van der Waals surface area contributed by atoms with E-state index in [0.717, 1.165) is 19.4 Å². The summed E-state index contributed by atoms with van der Waals surface area (Å²) in [6.45, 7) is 2.85. The van der Waals surface area contributed by atoms with Gasteiger partial charge in [0.15, 0.2) is 0 Å². The Hall–Kier alpha value is -4.48. The lowest BCUT2D eigenvalue weighted by Crippen LogP contribution is -2.38. The van der Waals surface area contributed by atoms with Gasteiger partial charge in [0.1, 0.15) is 17.1 Å². The number of ether oxygens (including phenoxy) is 1. The minimum atomic E-state index is -0.211. The van der Waals surface area contributed by atoms with Crippen molar-refractivity contribution < 1.29 is 23.8 Å². The number of aryl methyl sites for hydroxylation is 1. The molecule has 1 unspecified atom stereocenters. The number of carbonyl (C=O) groups is 2. The standard InChI is InChI=1S/C28H30N6O5/c1-17-26(27(37)29-2)22-9-8-21(14-23(22)38-17)39-25-10-11-30-28(33-25)32-19-6-3-5-18(13-19)31-24(36)15-34-12-4-7-20(34)16-35/h3,5-6,8-11,13-14,20,35H,4,7,12,15-16H2,1-2H3,(H,29,37)(H,31,36)(H,30,32,33). The van der Waals surface area contributed by atoms with Gasteiger partial charge in [-0.05, 0) is 56.6 Å². The van der Waals surface area contributed by atoms with Crippen molar-refractivity contribution in [2.45, 2.75) is 25.8 Å². The second-order valence-corrected chi connectivity index (χ2v) is 9.29. The number of carbonyl (C=O) groups excluding carboxylic acids is 2. The molecule has 3 heterocycles. The molecule has 0 saturated carbocycles. The van der Waals surface area contributed by atoms with E-state index in [2.05, 4.69) is 25.9 Å². The molecule has 1 fully saturated rings. The van der Waals surface area contributed by atoms with Gasteiger partial charge in [0.25, 0.3) is 5.91 Å². The van der Waals surface area contributed by atoms with Crippen molar-refractivity contribution in [3.05, 3.63) is 66.1 Å². The lowest BCUT2D eigenvalue weighted by Gasteiger charge is -2.21. The highest BCUT2D eigenvalue weighted by Crippen LogP contribution is 2.31. The SMILES string of the molecule is CNC(=O)c1c(C)oc2cc(Oc3ccnc(Nc4cccc(NC(=O)CN5CCCC5CO)c4)n3)ccc12. The number of nitrogens with one attached hydrogen (secondary N) is 3. The van der Waals surface area contributed by atoms with Crippen LogP contribution in [0.1, 0.15) is 29.0 Å². The Labute approximate surface area is 225 Å². The predicted molar refractivity (Wildman–Crippen MR) is 146 cm³/mol. The number of fused-ring (bicyclic) bond motifs is 1. The molecule has 2 aromatic carbocycles. The molecule has 1 atom stereocenters. The first-order chi connectivity index (χ1) is 18.9. The summed E-state index contributed by atoms with van der Waals surface area (Å²) in [5, 5.41) is 18.8. The number of amides is 2. The summed E-state index contributed by atoms with van der Waals surface area (Å²) >= 11 is 0. The number of hydrogen-bond acceptors (Lipinski definition) is 9. The van der Waals surface area contributed by atoms with Gasteiger partial charge < -0.3 is 30.2 Å². The van der Waals surface area contributed by atoms with E-state index in [9.17, 15) is 14.7 Å². The summed E-state index contributed by atoms with van der Waals surface area (Å²) in [5.74, 6) is 1.31. The second-order valence-electron chi connectivity index (χ2n) is 9.29. The Morgan fingerprint density at radius 2 is 2.03 bits per heavy atom. The molecule has 4 N–H and O–H groups in total. The van der Waals surface area contributed by atoms with Crippen LogP contribution in [0.25, 0.3) is 11.0 Å². The summed E-state index contributed by atoms with van der Waals surface area (Å²) in [6.07, 6.45) is 3.46. The highest BCUT2D eigenvalue weighted by Gasteiger charge is 2.25. The van der Waals surface area contributed by atoms with Crippen LogP contribution in [0.15, 0.2) is 59.1 Å². The van der Waals surface area contributed by atoms with E-state index in [1.165, 1.54) is 0 Å². The van der Waals surface area contributed by atoms with Gasteiger partial charge in [-0.3, -0.25) is 14.5 Å². The fourth-order valence-corrected chi connectivity index (χ4v) is 4.75. The van der Waals surface area contributed by atoms with Gasteiger partial charge in [0, 0.05) is 48.2 Å². The highest BCUT2D eigenvalue weighted by molar-refractivity contribution is 6.07. The molecule has 5 rings (SSSR count). The number of rotatable bonds is 9. The first kappa shape index (κ1) is 26.1. The van der Waals surface area contributed by atoms with E-state index in [0.29, 0.717) is 51.2 Å². The topological polar surface area (TPSA) is 142 Å². The minimum absolute atomic E-state index is 0.0422. The van der Waals surface area contributed by atoms with Crippen LogP contribution in [0.4, 0.5) is 17.3 Å². The maximum Gasteiger partial charge on any atom is 0.255 e. The van der Waals surface area contributed by atoms with Gasteiger partial charge in [-0.15, -0.1) is 0 Å². The molecule has 2 aromatic heterocycles. The molecular formula is C28H30N6O5. The summed E-state index contributed by atoms with van der Waals surface area (Å²) in [7, 11) is 1.58. The van der Waals surface area contributed by atoms with Crippen molar-refractivity contribution in [3.8, 4) is 11.6 Å². The number of benzene rings is 2. The Kier molecular flexibility index (Phi) is 7.71. The van der Waals surface area contributed by atoms with Crippen molar-refractivity contribution in [2.24, 2.45) is 0 Å². The third kappa shape index (κ3) is 6.00. The molecule has 4 aromatic rings. The van der Waals surface area contributed by atoms with Crippen LogP contribution in [0.2, 0.25) is 0 Å². The van der Waals surface area contributed by atoms with E-state index >= 15 is 0 Å². The predicted octanol–water partition coefficient (Wildman–Crippen LogP) is 3.82. The molecule has 202 valence electrons. The molecule has 2 amide bonds. The van der Waals surface area contributed by atoms with E-state index in [-0.39, 0.29) is 31.0 Å². The van der Waals surface area contributed by atoms with E-state index < -0.39 is 0 Å². The van der Waals surface area contributed by atoms with Crippen molar-refractivity contribution >= 4 is 40.1 Å². The quantitative estimate of drug-likeness (QED) is 0.254. The zero-order chi connectivity index (χ0) is 27.4. The second kappa shape index (κ2) is 11.5. The van der Waals surface area contributed by atoms with E-state index in [4.69, 9.17) is 9.15 Å². The number of aliphatic hydroxyl groups is 1. The van der Waals surface area contributed by atoms with Crippen molar-refractivity contribution in [1.82, 2.24) is 20.2 Å². The van der Waals surface area contributed by atoms with Crippen LogP contribution in [-0.4, -0.2) is 64.6 Å². The summed E-state index contributed by atoms with van der Waals surface area (Å²) in [5.41, 5.74) is 2.35. The van der Waals surface area contributed by atoms with Gasteiger partial charge in [-0.1, -0.05) is 6.07 Å². The maximum atomic E-state index is 12.5. The molecule has 39 heavy (non-hydrogen) atoms. The average molecular weight is 531 g/mol. The molecule has 1 saturated heterocycles. The van der Waals surface area contributed by atoms with Gasteiger partial charge in [-0.2, -0.15) is 4.98 Å². The van der Waals surface area contributed by atoms with Gasteiger partial charge >= 0.3 is 0 Å². The Morgan fingerprint density at radius 3 is 2.85 bits per heavy atom. The van der Waals surface area contributed by atoms with Crippen LogP contribution in [0, 0.1) is 6.92 Å². The molecular weight excluding hydrogens is 500 g/mol. The molecule has 1 aliphatic heterocycles. The van der Waals surface area contributed by atoms with E-state index in [1.54, 1.807) is 56.6 Å². The number of furan rings is 1. The normalized spacial score (nSPS) is 15.3. The molecule has 0 spiro atoms. The highest BCUT2D eigenvalue weighted by atomic mass is 16.5. The van der Waals surface area contributed by atoms with Gasteiger partial charge in [0.05, 0.1) is 18.7 Å². The molecule has 11 heteroatoms. The van der Waals surface area contributed by atoms with Crippen molar-refractivity contribution in [3.63, 3.8) is 0 Å².